The molecule has 72 valence electrons. The molecule has 13 heavy (non-hydrogen) atoms. The normalized spacial score (nSPS) is 12.6. The summed E-state index contributed by atoms with van der Waals surface area (Å²) >= 11 is 0. The average Bonchev–Trinajstić information content (AvgIpc) is 2.07. The quantitative estimate of drug-likeness (QED) is 0.775. The van der Waals surface area contributed by atoms with Gasteiger partial charge in [0.1, 0.15) is 11.6 Å². The number of hydrogen-bond acceptors (Lipinski definition) is 2. The van der Waals surface area contributed by atoms with E-state index in [9.17, 15) is 4.39 Å². The van der Waals surface area contributed by atoms with Crippen molar-refractivity contribution in [2.45, 2.75) is 19.4 Å². The number of aliphatic hydroxyl groups is 1. The molecule has 0 radical (unpaired) electrons. The number of benzene rings is 1. The first kappa shape index (κ1) is 9.99. The zero-order valence-corrected chi connectivity index (χ0v) is 7.75. The molecule has 0 unspecified atom stereocenters. The molecule has 0 aliphatic carbocycles. The molecule has 2 nitrogen and oxygen atoms in total. The van der Waals surface area contributed by atoms with Crippen LogP contribution in [0.2, 0.25) is 0 Å². The van der Waals surface area contributed by atoms with Gasteiger partial charge < -0.3 is 9.84 Å². The van der Waals surface area contributed by atoms with Crippen LogP contribution >= 0.6 is 0 Å². The first-order chi connectivity index (χ1) is 6.13. The van der Waals surface area contributed by atoms with Gasteiger partial charge in [-0.2, -0.15) is 0 Å². The minimum absolute atomic E-state index is 0.328. The number of ether oxygens (including phenoxy) is 1. The highest BCUT2D eigenvalue weighted by molar-refractivity contribution is 5.34. The van der Waals surface area contributed by atoms with Gasteiger partial charge in [0.05, 0.1) is 13.2 Å². The van der Waals surface area contributed by atoms with Crippen LogP contribution in [0.15, 0.2) is 18.2 Å². The summed E-state index contributed by atoms with van der Waals surface area (Å²) in [5.74, 6) is 0.159. The molecule has 3 heteroatoms. The van der Waals surface area contributed by atoms with Crippen LogP contribution in [0, 0.1) is 5.82 Å². The summed E-state index contributed by atoms with van der Waals surface area (Å²) in [6, 6.07) is 4.30. The van der Waals surface area contributed by atoms with Crippen LogP contribution in [0.5, 0.6) is 5.75 Å². The second kappa shape index (κ2) is 4.23. The standard InChI is InChI=1S/C10H13FO2/c1-7(12)5-8-3-4-9(11)6-10(8)13-2/h3-4,6-7,12H,5H2,1-2H3/t7-/m1/s1. The van der Waals surface area contributed by atoms with Crippen molar-refractivity contribution >= 4 is 0 Å². The second-order valence-electron chi connectivity index (χ2n) is 3.01. The first-order valence-corrected chi connectivity index (χ1v) is 4.14. The minimum atomic E-state index is -0.445. The van der Waals surface area contributed by atoms with Crippen LogP contribution in [-0.4, -0.2) is 18.3 Å². The van der Waals surface area contributed by atoms with E-state index in [-0.39, 0.29) is 5.82 Å². The number of aliphatic hydroxyl groups excluding tert-OH is 1. The van der Waals surface area contributed by atoms with Gasteiger partial charge in [0.25, 0.3) is 0 Å². The molecule has 1 aromatic carbocycles. The molecule has 0 amide bonds. The Bertz CT molecular complexity index is 284. The molecule has 0 bridgehead atoms. The van der Waals surface area contributed by atoms with E-state index in [2.05, 4.69) is 0 Å². The average molecular weight is 184 g/mol. The molecule has 0 aromatic heterocycles. The zero-order valence-electron chi connectivity index (χ0n) is 7.75. The van der Waals surface area contributed by atoms with E-state index in [1.165, 1.54) is 19.2 Å². The third-order valence-corrected chi connectivity index (χ3v) is 1.76. The lowest BCUT2D eigenvalue weighted by molar-refractivity contribution is 0.194. The fraction of sp³-hybridized carbons (Fsp3) is 0.400. The van der Waals surface area contributed by atoms with E-state index < -0.39 is 6.10 Å². The van der Waals surface area contributed by atoms with Crippen molar-refractivity contribution in [3.63, 3.8) is 0 Å². The van der Waals surface area contributed by atoms with E-state index in [4.69, 9.17) is 9.84 Å². The highest BCUT2D eigenvalue weighted by atomic mass is 19.1. The van der Waals surface area contributed by atoms with Gasteiger partial charge in [0.15, 0.2) is 0 Å². The number of rotatable bonds is 3. The van der Waals surface area contributed by atoms with Crippen molar-refractivity contribution in [2.24, 2.45) is 0 Å². The Morgan fingerprint density at radius 3 is 2.77 bits per heavy atom. The third kappa shape index (κ3) is 2.70. The third-order valence-electron chi connectivity index (χ3n) is 1.76. The van der Waals surface area contributed by atoms with Gasteiger partial charge in [-0.25, -0.2) is 4.39 Å². The molecule has 1 atom stereocenters. The Balaban J connectivity index is 2.92. The van der Waals surface area contributed by atoms with Crippen molar-refractivity contribution in [1.29, 1.82) is 0 Å². The summed E-state index contributed by atoms with van der Waals surface area (Å²) in [7, 11) is 1.49. The van der Waals surface area contributed by atoms with Crippen LogP contribution in [0.25, 0.3) is 0 Å². The van der Waals surface area contributed by atoms with Crippen molar-refractivity contribution < 1.29 is 14.2 Å². The molecule has 0 saturated heterocycles. The van der Waals surface area contributed by atoms with Gasteiger partial charge >= 0.3 is 0 Å². The summed E-state index contributed by atoms with van der Waals surface area (Å²) in [6.45, 7) is 1.68. The summed E-state index contributed by atoms with van der Waals surface area (Å²) in [6.07, 6.45) is 0.0306. The first-order valence-electron chi connectivity index (χ1n) is 4.14. The van der Waals surface area contributed by atoms with Crippen molar-refractivity contribution in [3.05, 3.63) is 29.6 Å². The van der Waals surface area contributed by atoms with E-state index >= 15 is 0 Å². The molecule has 1 aromatic rings. The zero-order chi connectivity index (χ0) is 9.84. The fourth-order valence-corrected chi connectivity index (χ4v) is 1.21. The van der Waals surface area contributed by atoms with E-state index in [0.717, 1.165) is 5.56 Å². The largest absolute Gasteiger partial charge is 0.496 e. The molecule has 0 spiro atoms. The van der Waals surface area contributed by atoms with Gasteiger partial charge in [0, 0.05) is 12.5 Å². The monoisotopic (exact) mass is 184 g/mol. The Kier molecular flexibility index (Phi) is 3.25. The molecule has 0 heterocycles. The Labute approximate surface area is 77.0 Å². The number of hydrogen-bond donors (Lipinski definition) is 1. The van der Waals surface area contributed by atoms with Gasteiger partial charge in [-0.3, -0.25) is 0 Å². The van der Waals surface area contributed by atoms with Crippen LogP contribution in [-0.2, 0) is 6.42 Å². The van der Waals surface area contributed by atoms with Crippen LogP contribution in [0.1, 0.15) is 12.5 Å². The number of halogens is 1. The molecule has 1 rings (SSSR count). The van der Waals surface area contributed by atoms with Crippen molar-refractivity contribution in [2.75, 3.05) is 7.11 Å². The topological polar surface area (TPSA) is 29.5 Å². The Morgan fingerprint density at radius 1 is 1.54 bits per heavy atom. The van der Waals surface area contributed by atoms with E-state index in [1.807, 2.05) is 0 Å². The molecule has 0 aliphatic heterocycles. The predicted molar refractivity (Wildman–Crippen MR) is 48.3 cm³/mol. The SMILES string of the molecule is COc1cc(F)ccc1C[C@@H](C)O. The molecule has 1 N–H and O–H groups in total. The van der Waals surface area contributed by atoms with E-state index in [1.54, 1.807) is 13.0 Å². The molecule has 0 fully saturated rings. The highest BCUT2D eigenvalue weighted by Crippen LogP contribution is 2.20. The lowest BCUT2D eigenvalue weighted by atomic mass is 10.1. The van der Waals surface area contributed by atoms with Gasteiger partial charge in [0.2, 0.25) is 0 Å². The molecule has 0 saturated carbocycles. The summed E-state index contributed by atoms with van der Waals surface area (Å²) in [4.78, 5) is 0. The van der Waals surface area contributed by atoms with Crippen molar-refractivity contribution in [1.82, 2.24) is 0 Å². The predicted octanol–water partition coefficient (Wildman–Crippen LogP) is 1.76. The van der Waals surface area contributed by atoms with Crippen LogP contribution < -0.4 is 4.74 Å². The lowest BCUT2D eigenvalue weighted by Gasteiger charge is -2.09. The van der Waals surface area contributed by atoms with E-state index in [0.29, 0.717) is 12.2 Å². The molecular weight excluding hydrogens is 171 g/mol. The summed E-state index contributed by atoms with van der Waals surface area (Å²) < 4.78 is 17.7. The van der Waals surface area contributed by atoms with Gasteiger partial charge in [-0.1, -0.05) is 6.07 Å². The highest BCUT2D eigenvalue weighted by Gasteiger charge is 2.06. The smallest absolute Gasteiger partial charge is 0.126 e. The molecule has 0 aliphatic rings. The summed E-state index contributed by atoms with van der Waals surface area (Å²) in [5, 5.41) is 9.15. The molecular formula is C10H13FO2. The van der Waals surface area contributed by atoms with Crippen LogP contribution in [0.4, 0.5) is 4.39 Å². The maximum absolute atomic E-state index is 12.7. The Morgan fingerprint density at radius 2 is 2.23 bits per heavy atom. The van der Waals surface area contributed by atoms with Crippen molar-refractivity contribution in [3.8, 4) is 5.75 Å². The summed E-state index contributed by atoms with van der Waals surface area (Å²) in [5.41, 5.74) is 0.818. The van der Waals surface area contributed by atoms with Crippen LogP contribution in [0.3, 0.4) is 0 Å². The maximum atomic E-state index is 12.7. The second-order valence-corrected chi connectivity index (χ2v) is 3.01. The number of methoxy groups -OCH3 is 1. The maximum Gasteiger partial charge on any atom is 0.126 e. The Hall–Kier alpha value is -1.09. The fourth-order valence-electron chi connectivity index (χ4n) is 1.21. The minimum Gasteiger partial charge on any atom is -0.496 e. The van der Waals surface area contributed by atoms with Gasteiger partial charge in [-0.15, -0.1) is 0 Å². The van der Waals surface area contributed by atoms with Gasteiger partial charge in [-0.05, 0) is 18.6 Å². The lowest BCUT2D eigenvalue weighted by Crippen LogP contribution is -2.05.